The zero-order valence-electron chi connectivity index (χ0n) is 16.3. The molecule has 4 aromatic rings. The zero-order valence-corrected chi connectivity index (χ0v) is 19.5. The maximum atomic E-state index is 6.30. The molecule has 1 heterocycles. The molecule has 1 aliphatic rings. The van der Waals surface area contributed by atoms with Gasteiger partial charge in [-0.3, -0.25) is 0 Å². The van der Waals surface area contributed by atoms with Crippen molar-refractivity contribution in [3.8, 4) is 22.6 Å². The summed E-state index contributed by atoms with van der Waals surface area (Å²) in [5.41, 5.74) is 2.18. The number of hydrogen-bond donors (Lipinski definition) is 0. The predicted molar refractivity (Wildman–Crippen MR) is 132 cm³/mol. The number of ether oxygens (including phenoxy) is 2. The third-order valence-corrected chi connectivity index (χ3v) is 6.37. The van der Waals surface area contributed by atoms with Gasteiger partial charge in [0.1, 0.15) is 11.5 Å². The molecule has 30 heavy (non-hydrogen) atoms. The lowest BCUT2D eigenvalue weighted by molar-refractivity contribution is 0.318. The summed E-state index contributed by atoms with van der Waals surface area (Å²) in [5, 5.41) is 4.64. The average molecular weight is 524 g/mol. The van der Waals surface area contributed by atoms with Crippen LogP contribution in [-0.2, 0) is 0 Å². The van der Waals surface area contributed by atoms with Gasteiger partial charge in [-0.1, -0.05) is 68.3 Å². The Morgan fingerprint density at radius 3 is 1.50 bits per heavy atom. The maximum Gasteiger partial charge on any atom is 0.127 e. The van der Waals surface area contributed by atoms with E-state index in [1.807, 2.05) is 0 Å². The first-order valence-electron chi connectivity index (χ1n) is 10.1. The third-order valence-electron chi connectivity index (χ3n) is 5.39. The molecule has 4 heteroatoms. The molecule has 0 aliphatic carbocycles. The minimum absolute atomic E-state index is 0.651. The van der Waals surface area contributed by atoms with Crippen molar-refractivity contribution >= 4 is 53.4 Å². The van der Waals surface area contributed by atoms with Gasteiger partial charge in [-0.25, -0.2) is 0 Å². The maximum absolute atomic E-state index is 6.30. The van der Waals surface area contributed by atoms with Crippen molar-refractivity contribution in [2.24, 2.45) is 0 Å². The van der Waals surface area contributed by atoms with E-state index in [9.17, 15) is 0 Å². The van der Waals surface area contributed by atoms with Crippen molar-refractivity contribution in [2.75, 3.05) is 13.2 Å². The molecule has 0 amide bonds. The molecule has 0 radical (unpaired) electrons. The fourth-order valence-electron chi connectivity index (χ4n) is 4.03. The molecule has 0 aromatic heterocycles. The second kappa shape index (κ2) is 8.44. The first-order chi connectivity index (χ1) is 14.7. The predicted octanol–water partition coefficient (Wildman–Crippen LogP) is 8.29. The van der Waals surface area contributed by atoms with Crippen molar-refractivity contribution in [3.63, 3.8) is 0 Å². The van der Waals surface area contributed by atoms with Gasteiger partial charge in [-0.05, 0) is 70.8 Å². The molecular formula is C26H20Br2O2. The molecule has 0 saturated heterocycles. The van der Waals surface area contributed by atoms with Crippen LogP contribution in [0.4, 0.5) is 0 Å². The number of fused-ring (bicyclic) bond motifs is 7. The van der Waals surface area contributed by atoms with E-state index >= 15 is 0 Å². The van der Waals surface area contributed by atoms with Crippen LogP contribution in [0.1, 0.15) is 12.8 Å². The Balaban J connectivity index is 1.87. The van der Waals surface area contributed by atoms with E-state index in [4.69, 9.17) is 9.47 Å². The Morgan fingerprint density at radius 2 is 1.03 bits per heavy atom. The molecule has 0 bridgehead atoms. The van der Waals surface area contributed by atoms with Crippen molar-refractivity contribution in [1.82, 2.24) is 0 Å². The van der Waals surface area contributed by atoms with Crippen LogP contribution < -0.4 is 9.47 Å². The van der Waals surface area contributed by atoms with Crippen LogP contribution in [-0.4, -0.2) is 13.2 Å². The molecule has 4 aromatic carbocycles. The highest BCUT2D eigenvalue weighted by molar-refractivity contribution is 9.10. The van der Waals surface area contributed by atoms with Gasteiger partial charge in [0.15, 0.2) is 0 Å². The summed E-state index contributed by atoms with van der Waals surface area (Å²) in [6.07, 6.45) is 6.10. The van der Waals surface area contributed by atoms with E-state index in [0.29, 0.717) is 13.2 Å². The monoisotopic (exact) mass is 522 g/mol. The molecule has 0 saturated carbocycles. The van der Waals surface area contributed by atoms with Gasteiger partial charge in [-0.15, -0.1) is 0 Å². The minimum atomic E-state index is 0.651. The lowest BCUT2D eigenvalue weighted by atomic mass is 9.92. The van der Waals surface area contributed by atoms with Crippen molar-refractivity contribution < 1.29 is 9.47 Å². The molecular weight excluding hydrogens is 504 g/mol. The average Bonchev–Trinajstić information content (AvgIpc) is 2.74. The van der Waals surface area contributed by atoms with Crippen molar-refractivity contribution in [2.45, 2.75) is 12.8 Å². The van der Waals surface area contributed by atoms with Crippen LogP contribution in [0.25, 0.3) is 32.7 Å². The second-order valence-electron chi connectivity index (χ2n) is 7.35. The number of halogens is 2. The van der Waals surface area contributed by atoms with E-state index in [2.05, 4.69) is 105 Å². The van der Waals surface area contributed by atoms with E-state index in [0.717, 1.165) is 55.2 Å². The first kappa shape index (κ1) is 19.7. The number of rotatable bonds is 0. The van der Waals surface area contributed by atoms with Crippen LogP contribution in [0.3, 0.4) is 0 Å². The molecule has 1 aliphatic heterocycles. The molecule has 150 valence electrons. The highest BCUT2D eigenvalue weighted by Gasteiger charge is 2.19. The summed E-state index contributed by atoms with van der Waals surface area (Å²) in [6.45, 7) is 1.30. The Morgan fingerprint density at radius 1 is 0.567 bits per heavy atom. The molecule has 0 spiro atoms. The molecule has 2 nitrogen and oxygen atoms in total. The second-order valence-corrected chi connectivity index (χ2v) is 9.19. The largest absolute Gasteiger partial charge is 0.493 e. The van der Waals surface area contributed by atoms with Gasteiger partial charge in [0.2, 0.25) is 0 Å². The van der Waals surface area contributed by atoms with Gasteiger partial charge in [0, 0.05) is 20.1 Å². The zero-order chi connectivity index (χ0) is 20.5. The lowest BCUT2D eigenvalue weighted by Crippen LogP contribution is -2.03. The van der Waals surface area contributed by atoms with E-state index in [1.165, 1.54) is 10.8 Å². The van der Waals surface area contributed by atoms with Gasteiger partial charge in [-0.2, -0.15) is 0 Å². The van der Waals surface area contributed by atoms with Gasteiger partial charge < -0.3 is 9.47 Å². The van der Waals surface area contributed by atoms with E-state index in [1.54, 1.807) is 0 Å². The Labute approximate surface area is 192 Å². The Bertz CT molecular complexity index is 1180. The van der Waals surface area contributed by atoms with Crippen LogP contribution in [0.2, 0.25) is 0 Å². The minimum Gasteiger partial charge on any atom is -0.493 e. The topological polar surface area (TPSA) is 18.5 Å². The Kier molecular flexibility index (Phi) is 5.53. The fraction of sp³-hybridized carbons (Fsp3) is 0.154. The van der Waals surface area contributed by atoms with E-state index in [-0.39, 0.29) is 0 Å². The van der Waals surface area contributed by atoms with Crippen molar-refractivity contribution in [3.05, 3.63) is 81.8 Å². The summed E-state index contributed by atoms with van der Waals surface area (Å²) < 4.78 is 14.7. The van der Waals surface area contributed by atoms with Gasteiger partial charge in [0.05, 0.1) is 13.2 Å². The quantitative estimate of drug-likeness (QED) is 0.216. The third kappa shape index (κ3) is 3.75. The van der Waals surface area contributed by atoms with Crippen molar-refractivity contribution in [1.29, 1.82) is 0 Å². The smallest absolute Gasteiger partial charge is 0.127 e. The van der Waals surface area contributed by atoms with Gasteiger partial charge in [0.25, 0.3) is 0 Å². The fourth-order valence-corrected chi connectivity index (χ4v) is 4.78. The van der Waals surface area contributed by atoms with Crippen LogP contribution in [0.5, 0.6) is 11.5 Å². The summed E-state index contributed by atoms with van der Waals surface area (Å²) in [7, 11) is 0. The standard InChI is InChI=1S/C26H20Br2O2/c27-19-7-9-21-17(15-19)5-11-23-25(21)26-22-10-8-20(28)16-18(22)6-12-24(26)30-14-4-2-1-3-13-29-23/h1-2,5-12,15-16H,3-4,13-14H2/b2-1-. The normalized spacial score (nSPS) is 15.3. The summed E-state index contributed by atoms with van der Waals surface area (Å²) in [6, 6.07) is 21.2. The number of benzene rings is 4. The first-order valence-corrected chi connectivity index (χ1v) is 11.6. The Hall–Kier alpha value is -2.30. The van der Waals surface area contributed by atoms with E-state index < -0.39 is 0 Å². The van der Waals surface area contributed by atoms with Gasteiger partial charge >= 0.3 is 0 Å². The molecule has 0 fully saturated rings. The highest BCUT2D eigenvalue weighted by atomic mass is 79.9. The summed E-state index contributed by atoms with van der Waals surface area (Å²) >= 11 is 7.22. The summed E-state index contributed by atoms with van der Waals surface area (Å²) in [5.74, 6) is 1.78. The van der Waals surface area contributed by atoms with Crippen LogP contribution >= 0.6 is 31.9 Å². The molecule has 0 atom stereocenters. The molecule has 0 N–H and O–H groups in total. The van der Waals surface area contributed by atoms with Crippen LogP contribution in [0, 0.1) is 0 Å². The SMILES string of the molecule is Brc1ccc2c3c(ccc2c1)OCC/C=C\CCOc1ccc2cc(Br)ccc2c1-3. The van der Waals surface area contributed by atoms with Crippen LogP contribution in [0.15, 0.2) is 81.8 Å². The molecule has 0 unspecified atom stereocenters. The molecule has 5 rings (SSSR count). The lowest BCUT2D eigenvalue weighted by Gasteiger charge is -2.20. The number of hydrogen-bond acceptors (Lipinski definition) is 2. The summed E-state index contributed by atoms with van der Waals surface area (Å²) in [4.78, 5) is 0. The highest BCUT2D eigenvalue weighted by Crippen LogP contribution is 2.46.